The number of rotatable bonds is 2. The van der Waals surface area contributed by atoms with Crippen molar-refractivity contribution in [3.05, 3.63) is 59.2 Å². The van der Waals surface area contributed by atoms with E-state index in [0.717, 1.165) is 12.1 Å². The first-order valence-corrected chi connectivity index (χ1v) is 5.48. The van der Waals surface area contributed by atoms with Crippen LogP contribution in [0.2, 0.25) is 0 Å². The molecular weight excluding hydrogens is 318 g/mol. The van der Waals surface area contributed by atoms with E-state index in [4.69, 9.17) is 0 Å². The Balaban J connectivity index is 2.28. The predicted octanol–water partition coefficient (Wildman–Crippen LogP) is 4.10. The van der Waals surface area contributed by atoms with Crippen LogP contribution >= 0.6 is 0 Å². The average molecular weight is 322 g/mol. The summed E-state index contributed by atoms with van der Waals surface area (Å²) in [6.07, 6.45) is -1.88. The van der Waals surface area contributed by atoms with Gasteiger partial charge in [-0.3, -0.25) is 0 Å². The summed E-state index contributed by atoms with van der Waals surface area (Å²) in [6.45, 7) is 0. The van der Waals surface area contributed by atoms with Crippen LogP contribution in [0.5, 0.6) is 11.5 Å². The van der Waals surface area contributed by atoms with Gasteiger partial charge in [0.2, 0.25) is 34.8 Å². The van der Waals surface area contributed by atoms with Gasteiger partial charge in [-0.15, -0.1) is 0 Å². The highest BCUT2D eigenvalue weighted by Crippen LogP contribution is 2.29. The summed E-state index contributed by atoms with van der Waals surface area (Å²) in [5.41, 5.74) is 0. The number of benzene rings is 2. The Hall–Kier alpha value is -2.71. The molecule has 0 atom stereocenters. The maximum atomic E-state index is 13.3. The molecule has 0 N–H and O–H groups in total. The van der Waals surface area contributed by atoms with E-state index < -0.39 is 52.6 Å². The third kappa shape index (κ3) is 2.83. The molecule has 0 spiro atoms. The molecule has 0 fully saturated rings. The number of carbonyl (C=O) groups is 1. The van der Waals surface area contributed by atoms with Crippen LogP contribution in [0.1, 0.15) is 0 Å². The van der Waals surface area contributed by atoms with Gasteiger partial charge in [-0.2, -0.15) is 8.78 Å². The summed E-state index contributed by atoms with van der Waals surface area (Å²) >= 11 is 0. The van der Waals surface area contributed by atoms with Gasteiger partial charge < -0.3 is 9.47 Å². The van der Waals surface area contributed by atoms with E-state index in [-0.39, 0.29) is 0 Å². The molecule has 22 heavy (non-hydrogen) atoms. The van der Waals surface area contributed by atoms with Crippen LogP contribution in [0.15, 0.2) is 24.3 Å². The van der Waals surface area contributed by atoms with E-state index in [2.05, 4.69) is 9.47 Å². The van der Waals surface area contributed by atoms with Crippen molar-refractivity contribution in [3.8, 4) is 11.5 Å². The lowest BCUT2D eigenvalue weighted by atomic mass is 10.3. The van der Waals surface area contributed by atoms with Crippen LogP contribution in [0.25, 0.3) is 0 Å². The topological polar surface area (TPSA) is 35.5 Å². The molecule has 9 heteroatoms. The average Bonchev–Trinajstić information content (AvgIpc) is 2.50. The van der Waals surface area contributed by atoms with Crippen LogP contribution in [0.4, 0.5) is 31.1 Å². The van der Waals surface area contributed by atoms with Gasteiger partial charge in [0.15, 0.2) is 11.6 Å². The first-order valence-electron chi connectivity index (χ1n) is 5.48. The fraction of sp³-hybridized carbons (Fsp3) is 0. The molecule has 0 aliphatic carbocycles. The SMILES string of the molecule is O=C(Oc1ccccc1F)Oc1c(F)c(F)c(F)c(F)c1F. The van der Waals surface area contributed by atoms with Crippen molar-refractivity contribution in [2.75, 3.05) is 0 Å². The molecule has 0 bridgehead atoms. The first kappa shape index (κ1) is 15.7. The summed E-state index contributed by atoms with van der Waals surface area (Å²) in [6, 6.07) is 4.41. The second-order valence-electron chi connectivity index (χ2n) is 3.78. The molecule has 116 valence electrons. The molecule has 2 aromatic carbocycles. The van der Waals surface area contributed by atoms with Gasteiger partial charge in [0.05, 0.1) is 0 Å². The van der Waals surface area contributed by atoms with Crippen LogP contribution in [-0.2, 0) is 0 Å². The van der Waals surface area contributed by atoms with Crippen molar-refractivity contribution in [2.45, 2.75) is 0 Å². The molecule has 2 aromatic rings. The first-order chi connectivity index (χ1) is 10.3. The Morgan fingerprint density at radius 3 is 1.77 bits per heavy atom. The fourth-order valence-corrected chi connectivity index (χ4v) is 1.40. The Bertz CT molecular complexity index is 718. The fourth-order valence-electron chi connectivity index (χ4n) is 1.40. The lowest BCUT2D eigenvalue weighted by Gasteiger charge is -2.09. The van der Waals surface area contributed by atoms with E-state index in [1.807, 2.05) is 0 Å². The summed E-state index contributed by atoms with van der Waals surface area (Å²) in [7, 11) is 0. The van der Waals surface area contributed by atoms with Crippen LogP contribution in [0, 0.1) is 34.9 Å². The largest absolute Gasteiger partial charge is 0.519 e. The minimum atomic E-state index is -2.41. The number of ether oxygens (including phenoxy) is 2. The normalized spacial score (nSPS) is 10.5. The Morgan fingerprint density at radius 1 is 0.727 bits per heavy atom. The van der Waals surface area contributed by atoms with Crippen molar-refractivity contribution in [1.29, 1.82) is 0 Å². The second-order valence-corrected chi connectivity index (χ2v) is 3.78. The molecule has 2 rings (SSSR count). The molecule has 0 heterocycles. The van der Waals surface area contributed by atoms with Gasteiger partial charge in [0.25, 0.3) is 0 Å². The van der Waals surface area contributed by atoms with Gasteiger partial charge in [0.1, 0.15) is 0 Å². The maximum absolute atomic E-state index is 13.3. The molecule has 0 unspecified atom stereocenters. The van der Waals surface area contributed by atoms with Crippen LogP contribution in [0.3, 0.4) is 0 Å². The van der Waals surface area contributed by atoms with E-state index >= 15 is 0 Å². The number of hydrogen-bond acceptors (Lipinski definition) is 3. The standard InChI is InChI=1S/C13H4F6O3/c14-5-3-1-2-4-6(5)21-13(20)22-12-10(18)8(16)7(15)9(17)11(12)19/h1-4H. The highest BCUT2D eigenvalue weighted by atomic mass is 19.2. The third-order valence-electron chi connectivity index (χ3n) is 2.38. The van der Waals surface area contributed by atoms with Crippen molar-refractivity contribution in [2.24, 2.45) is 0 Å². The summed E-state index contributed by atoms with van der Waals surface area (Å²) in [5, 5.41) is 0. The van der Waals surface area contributed by atoms with Crippen molar-refractivity contribution in [1.82, 2.24) is 0 Å². The number of para-hydroxylation sites is 1. The van der Waals surface area contributed by atoms with Gasteiger partial charge >= 0.3 is 6.16 Å². The van der Waals surface area contributed by atoms with Crippen molar-refractivity contribution < 1.29 is 40.6 Å². The van der Waals surface area contributed by atoms with Crippen LogP contribution < -0.4 is 9.47 Å². The molecule has 0 saturated heterocycles. The van der Waals surface area contributed by atoms with Crippen molar-refractivity contribution >= 4 is 6.16 Å². The molecular formula is C13H4F6O3. The zero-order valence-electron chi connectivity index (χ0n) is 10.3. The minimum absolute atomic E-state index is 0.656. The molecule has 0 radical (unpaired) electrons. The lowest BCUT2D eigenvalue weighted by Crippen LogP contribution is -2.17. The monoisotopic (exact) mass is 322 g/mol. The molecule has 0 aromatic heterocycles. The number of hydrogen-bond donors (Lipinski definition) is 0. The van der Waals surface area contributed by atoms with E-state index in [0.29, 0.717) is 0 Å². The van der Waals surface area contributed by atoms with E-state index in [9.17, 15) is 31.1 Å². The highest BCUT2D eigenvalue weighted by Gasteiger charge is 2.29. The summed E-state index contributed by atoms with van der Waals surface area (Å²) in [5.74, 6) is -15.2. The predicted molar refractivity (Wildman–Crippen MR) is 59.3 cm³/mol. The minimum Gasteiger partial charge on any atom is -0.392 e. The van der Waals surface area contributed by atoms with E-state index in [1.54, 1.807) is 0 Å². The molecule has 3 nitrogen and oxygen atoms in total. The zero-order chi connectivity index (χ0) is 16.4. The van der Waals surface area contributed by atoms with Gasteiger partial charge in [-0.1, -0.05) is 12.1 Å². The van der Waals surface area contributed by atoms with Gasteiger partial charge in [-0.25, -0.2) is 22.4 Å². The highest BCUT2D eigenvalue weighted by molar-refractivity contribution is 5.67. The Morgan fingerprint density at radius 2 is 1.23 bits per heavy atom. The molecule has 0 aliphatic rings. The number of carbonyl (C=O) groups excluding carboxylic acids is 1. The molecule has 0 aliphatic heterocycles. The van der Waals surface area contributed by atoms with Crippen molar-refractivity contribution in [3.63, 3.8) is 0 Å². The van der Waals surface area contributed by atoms with Gasteiger partial charge in [0, 0.05) is 0 Å². The Labute approximate surface area is 118 Å². The number of halogens is 6. The molecule has 0 amide bonds. The van der Waals surface area contributed by atoms with E-state index in [1.165, 1.54) is 12.1 Å². The maximum Gasteiger partial charge on any atom is 0.519 e. The zero-order valence-corrected chi connectivity index (χ0v) is 10.3. The lowest BCUT2D eigenvalue weighted by molar-refractivity contribution is 0.144. The van der Waals surface area contributed by atoms with Gasteiger partial charge in [-0.05, 0) is 12.1 Å². The Kier molecular flexibility index (Phi) is 4.25. The third-order valence-corrected chi connectivity index (χ3v) is 2.38. The quantitative estimate of drug-likeness (QED) is 0.275. The molecule has 0 saturated carbocycles. The van der Waals surface area contributed by atoms with Crippen LogP contribution in [-0.4, -0.2) is 6.16 Å². The summed E-state index contributed by atoms with van der Waals surface area (Å²) in [4.78, 5) is 11.3. The summed E-state index contributed by atoms with van der Waals surface area (Å²) < 4.78 is 86.4. The smallest absolute Gasteiger partial charge is 0.392 e. The second kappa shape index (κ2) is 5.96.